The summed E-state index contributed by atoms with van der Waals surface area (Å²) in [4.78, 5) is 0. The Balaban J connectivity index is 4.65. The second kappa shape index (κ2) is 6.66. The van der Waals surface area contributed by atoms with E-state index >= 15 is 0 Å². The Morgan fingerprint density at radius 3 is 1.43 bits per heavy atom. The zero-order valence-electron chi connectivity index (χ0n) is 7.84. The first-order chi connectivity index (χ1) is 6.51. The van der Waals surface area contributed by atoms with Crippen molar-refractivity contribution >= 4 is 33.0 Å². The Kier molecular flexibility index (Phi) is 6.30. The lowest BCUT2D eigenvalue weighted by atomic mass is 10.3. The van der Waals surface area contributed by atoms with Gasteiger partial charge in [-0.15, -0.1) is 0 Å². The molecule has 0 rings (SSSR count). The van der Waals surface area contributed by atoms with Crippen molar-refractivity contribution in [1.82, 2.24) is 0 Å². The Hall–Kier alpha value is -0.760. The molecule has 0 saturated carbocycles. The van der Waals surface area contributed by atoms with Gasteiger partial charge in [0.1, 0.15) is 11.4 Å². The van der Waals surface area contributed by atoms with Crippen molar-refractivity contribution in [2.24, 2.45) is 10.3 Å². The summed E-state index contributed by atoms with van der Waals surface area (Å²) in [5, 5.41) is 22.8. The highest BCUT2D eigenvalue weighted by Crippen LogP contribution is 1.91. The van der Waals surface area contributed by atoms with Crippen LogP contribution in [0.25, 0.3) is 0 Å². The Morgan fingerprint density at radius 1 is 1.00 bits per heavy atom. The van der Waals surface area contributed by atoms with Crippen molar-refractivity contribution in [3.63, 3.8) is 0 Å². The Bertz CT molecular complexity index is 270. The van der Waals surface area contributed by atoms with Crippen molar-refractivity contribution in [1.29, 1.82) is 0 Å². The third kappa shape index (κ3) is 5.07. The van der Waals surface area contributed by atoms with Crippen molar-refractivity contribution in [3.05, 3.63) is 0 Å². The molecule has 0 fully saturated rings. The van der Waals surface area contributed by atoms with E-state index in [-0.39, 0.29) is 22.9 Å². The average Bonchev–Trinajstić information content (AvgIpc) is 2.10. The zero-order chi connectivity index (χ0) is 11.1. The molecule has 0 saturated heterocycles. The van der Waals surface area contributed by atoms with Gasteiger partial charge in [0.25, 0.3) is 0 Å². The van der Waals surface area contributed by atoms with Gasteiger partial charge in [0.15, 0.2) is 0 Å². The maximum atomic E-state index is 10.8. The van der Waals surface area contributed by atoms with Gasteiger partial charge in [-0.1, -0.05) is 10.3 Å². The minimum Gasteiger partial charge on any atom is -0.411 e. The van der Waals surface area contributed by atoms with Crippen LogP contribution in [0.1, 0.15) is 0 Å². The standard InChI is InChI=1S/C6H12N2O4S2/c1-13(11)3-5(7-9)6(8-10)4-14(2)12/h9-10H,3-4H2,1-2H3/b7-5-,8-6+/t13-,14+/m0/s1. The molecule has 14 heavy (non-hydrogen) atoms. The predicted octanol–water partition coefficient (Wildman–Crippen LogP) is -0.596. The normalized spacial score (nSPS) is 17.9. The molecule has 0 aliphatic carbocycles. The van der Waals surface area contributed by atoms with Crippen LogP contribution in [0, 0.1) is 0 Å². The first-order valence-corrected chi connectivity index (χ1v) is 6.99. The fraction of sp³-hybridized carbons (Fsp3) is 0.667. The predicted molar refractivity (Wildman–Crippen MR) is 56.3 cm³/mol. The van der Waals surface area contributed by atoms with E-state index in [1.165, 1.54) is 12.5 Å². The van der Waals surface area contributed by atoms with Crippen LogP contribution in [-0.4, -0.2) is 54.3 Å². The lowest BCUT2D eigenvalue weighted by Gasteiger charge is -2.02. The van der Waals surface area contributed by atoms with Crippen molar-refractivity contribution in [3.8, 4) is 0 Å². The smallest absolute Gasteiger partial charge is 0.118 e. The SMILES string of the molecule is C[S@](=O)CC(=N/O)/C(C[S@@](C)=O)=N/O. The summed E-state index contributed by atoms with van der Waals surface area (Å²) in [7, 11) is -2.43. The van der Waals surface area contributed by atoms with E-state index in [2.05, 4.69) is 10.3 Å². The summed E-state index contributed by atoms with van der Waals surface area (Å²) in [6.07, 6.45) is 2.84. The van der Waals surface area contributed by atoms with Crippen molar-refractivity contribution in [2.45, 2.75) is 0 Å². The van der Waals surface area contributed by atoms with Crippen LogP contribution in [0.15, 0.2) is 10.3 Å². The molecule has 0 aliphatic heterocycles. The minimum absolute atomic E-state index is 0.0106. The fourth-order valence-corrected chi connectivity index (χ4v) is 1.94. The molecule has 2 atom stereocenters. The van der Waals surface area contributed by atoms with Gasteiger partial charge >= 0.3 is 0 Å². The van der Waals surface area contributed by atoms with Gasteiger partial charge in [0.05, 0.1) is 11.5 Å². The zero-order valence-corrected chi connectivity index (χ0v) is 9.47. The van der Waals surface area contributed by atoms with E-state index in [0.29, 0.717) is 0 Å². The number of hydrogen-bond acceptors (Lipinski definition) is 6. The molecule has 0 radical (unpaired) electrons. The lowest BCUT2D eigenvalue weighted by molar-refractivity contribution is 0.314. The maximum Gasteiger partial charge on any atom is 0.118 e. The summed E-state index contributed by atoms with van der Waals surface area (Å²) in [5.74, 6) is -0.0693. The molecule has 0 spiro atoms. The lowest BCUT2D eigenvalue weighted by Crippen LogP contribution is -2.26. The van der Waals surface area contributed by atoms with E-state index in [4.69, 9.17) is 10.4 Å². The topological polar surface area (TPSA) is 99.3 Å². The number of rotatable bonds is 5. The highest BCUT2D eigenvalue weighted by Gasteiger charge is 2.14. The van der Waals surface area contributed by atoms with Crippen LogP contribution in [-0.2, 0) is 21.6 Å². The van der Waals surface area contributed by atoms with Crippen LogP contribution in [0.2, 0.25) is 0 Å². The summed E-state index contributed by atoms with van der Waals surface area (Å²) < 4.78 is 21.7. The molecule has 0 aromatic rings. The molecule has 82 valence electrons. The van der Waals surface area contributed by atoms with Gasteiger partial charge in [-0.25, -0.2) is 0 Å². The van der Waals surface area contributed by atoms with Crippen molar-refractivity contribution < 1.29 is 18.8 Å². The van der Waals surface area contributed by atoms with Gasteiger partial charge < -0.3 is 10.4 Å². The Morgan fingerprint density at radius 2 is 1.29 bits per heavy atom. The van der Waals surface area contributed by atoms with Gasteiger partial charge in [0, 0.05) is 34.1 Å². The highest BCUT2D eigenvalue weighted by atomic mass is 32.2. The average molecular weight is 240 g/mol. The molecular weight excluding hydrogens is 228 g/mol. The maximum absolute atomic E-state index is 10.8. The summed E-state index contributed by atoms with van der Waals surface area (Å²) in [5.41, 5.74) is -0.0212. The third-order valence-electron chi connectivity index (χ3n) is 1.25. The molecule has 0 aliphatic rings. The monoisotopic (exact) mass is 240 g/mol. The van der Waals surface area contributed by atoms with Crippen LogP contribution in [0.5, 0.6) is 0 Å². The molecule has 0 amide bonds. The van der Waals surface area contributed by atoms with Gasteiger partial charge in [0.2, 0.25) is 0 Å². The first kappa shape index (κ1) is 13.2. The number of nitrogens with zero attached hydrogens (tertiary/aromatic N) is 2. The fourth-order valence-electron chi connectivity index (χ4n) is 0.725. The first-order valence-electron chi connectivity index (χ1n) is 3.53. The van der Waals surface area contributed by atoms with Crippen LogP contribution >= 0.6 is 0 Å². The molecule has 0 bridgehead atoms. The molecule has 0 unspecified atom stereocenters. The summed E-state index contributed by atoms with van der Waals surface area (Å²) in [6, 6.07) is 0. The van der Waals surface area contributed by atoms with E-state index < -0.39 is 21.6 Å². The third-order valence-corrected chi connectivity index (χ3v) is 2.61. The molecule has 8 heteroatoms. The largest absolute Gasteiger partial charge is 0.411 e. The van der Waals surface area contributed by atoms with Crippen LogP contribution in [0.4, 0.5) is 0 Å². The molecule has 2 N–H and O–H groups in total. The van der Waals surface area contributed by atoms with E-state index in [0.717, 1.165) is 0 Å². The molecular formula is C6H12N2O4S2. The molecule has 0 aromatic heterocycles. The van der Waals surface area contributed by atoms with Crippen molar-refractivity contribution in [2.75, 3.05) is 24.0 Å². The summed E-state index contributed by atoms with van der Waals surface area (Å²) in [6.45, 7) is 0. The summed E-state index contributed by atoms with van der Waals surface area (Å²) >= 11 is 0. The van der Waals surface area contributed by atoms with E-state index in [1.807, 2.05) is 0 Å². The van der Waals surface area contributed by atoms with Gasteiger partial charge in [-0.3, -0.25) is 8.42 Å². The molecule has 0 heterocycles. The number of oxime groups is 2. The molecule has 6 nitrogen and oxygen atoms in total. The second-order valence-electron chi connectivity index (χ2n) is 2.53. The van der Waals surface area contributed by atoms with Crippen LogP contribution < -0.4 is 0 Å². The second-order valence-corrected chi connectivity index (χ2v) is 5.40. The molecule has 0 aromatic carbocycles. The van der Waals surface area contributed by atoms with Gasteiger partial charge in [-0.2, -0.15) is 0 Å². The number of hydrogen-bond donors (Lipinski definition) is 2. The van der Waals surface area contributed by atoms with E-state index in [1.54, 1.807) is 0 Å². The van der Waals surface area contributed by atoms with Crippen LogP contribution in [0.3, 0.4) is 0 Å². The minimum atomic E-state index is -1.21. The quantitative estimate of drug-likeness (QED) is 0.381. The van der Waals surface area contributed by atoms with Gasteiger partial charge in [-0.05, 0) is 0 Å². The highest BCUT2D eigenvalue weighted by molar-refractivity contribution is 7.86. The van der Waals surface area contributed by atoms with E-state index in [9.17, 15) is 8.42 Å². The Labute approximate surface area is 86.6 Å².